The van der Waals surface area contributed by atoms with E-state index in [0.717, 1.165) is 5.56 Å². The molecular formula is C31H39N3O8. The minimum atomic E-state index is -1.39. The number of ketones is 2. The van der Waals surface area contributed by atoms with Gasteiger partial charge < -0.3 is 25.8 Å². The first kappa shape index (κ1) is 33.7. The number of hydrogen-bond acceptors (Lipinski definition) is 8. The minimum absolute atomic E-state index is 0.00853. The highest BCUT2D eigenvalue weighted by atomic mass is 16.5. The second kappa shape index (κ2) is 16.7. The Morgan fingerprint density at radius 3 is 1.79 bits per heavy atom. The summed E-state index contributed by atoms with van der Waals surface area (Å²) in [5, 5.41) is 17.3. The van der Waals surface area contributed by atoms with Crippen molar-refractivity contribution in [2.45, 2.75) is 71.7 Å². The minimum Gasteiger partial charge on any atom is -0.508 e. The van der Waals surface area contributed by atoms with Gasteiger partial charge in [-0.05, 0) is 47.9 Å². The van der Waals surface area contributed by atoms with Crippen molar-refractivity contribution in [2.75, 3.05) is 0 Å². The van der Waals surface area contributed by atoms with Crippen LogP contribution < -0.4 is 16.0 Å². The van der Waals surface area contributed by atoms with Crippen molar-refractivity contribution in [3.05, 3.63) is 65.7 Å². The zero-order chi connectivity index (χ0) is 31.2. The van der Waals surface area contributed by atoms with Crippen molar-refractivity contribution in [3.8, 4) is 5.75 Å². The molecule has 226 valence electrons. The lowest BCUT2D eigenvalue weighted by Crippen LogP contribution is -2.57. The zero-order valence-electron chi connectivity index (χ0n) is 24.3. The van der Waals surface area contributed by atoms with E-state index in [1.165, 1.54) is 24.3 Å². The van der Waals surface area contributed by atoms with Crippen LogP contribution in [0.3, 0.4) is 0 Å². The van der Waals surface area contributed by atoms with E-state index in [1.807, 2.05) is 45.9 Å². The van der Waals surface area contributed by atoms with E-state index >= 15 is 0 Å². The van der Waals surface area contributed by atoms with Gasteiger partial charge >= 0.3 is 6.09 Å². The van der Waals surface area contributed by atoms with Gasteiger partial charge in [-0.1, -0.05) is 70.2 Å². The Kier molecular flexibility index (Phi) is 13.4. The Bertz CT molecular complexity index is 1230. The van der Waals surface area contributed by atoms with E-state index in [0.29, 0.717) is 5.56 Å². The number of carbonyl (C=O) groups is 6. The molecule has 0 spiro atoms. The fraction of sp³-hybridized carbons (Fsp3) is 0.419. The average molecular weight is 582 g/mol. The van der Waals surface area contributed by atoms with Gasteiger partial charge in [0.25, 0.3) is 5.78 Å². The summed E-state index contributed by atoms with van der Waals surface area (Å²) in [7, 11) is 0. The highest BCUT2D eigenvalue weighted by Gasteiger charge is 2.32. The number of phenols is 1. The number of hydrogen-bond donors (Lipinski definition) is 4. The molecule has 0 heterocycles. The number of ether oxygens (including phenoxy) is 1. The highest BCUT2D eigenvalue weighted by Crippen LogP contribution is 2.14. The quantitative estimate of drug-likeness (QED) is 0.133. The van der Waals surface area contributed by atoms with E-state index in [4.69, 9.17) is 4.74 Å². The predicted molar refractivity (Wildman–Crippen MR) is 154 cm³/mol. The van der Waals surface area contributed by atoms with Gasteiger partial charge in [0.2, 0.25) is 17.6 Å². The van der Waals surface area contributed by atoms with Crippen LogP contribution in [-0.4, -0.2) is 59.0 Å². The lowest BCUT2D eigenvalue weighted by Gasteiger charge is -2.26. The Labute approximate surface area is 245 Å². The summed E-state index contributed by atoms with van der Waals surface area (Å²) in [6.45, 7) is 7.44. The third-order valence-corrected chi connectivity index (χ3v) is 6.23. The summed E-state index contributed by atoms with van der Waals surface area (Å²) in [6, 6.07) is 11.3. The normalized spacial score (nSPS) is 13.0. The van der Waals surface area contributed by atoms with Crippen molar-refractivity contribution in [3.63, 3.8) is 0 Å². The standard InChI is InChI=1S/C31H39N3O8/c1-19(2)14-25(29(39)32-24(28(38)27(37)17-35)16-21-10-12-23(36)13-11-21)33-30(40)26(15-20(3)4)34-31(41)42-18-22-8-6-5-7-9-22/h5-13,17,19-20,24-26,36H,14-16,18H2,1-4H3,(H,32,39)(H,33,40)(H,34,41)/t24-,25-,26-/m0/s1. The first-order valence-electron chi connectivity index (χ1n) is 13.8. The van der Waals surface area contributed by atoms with Crippen LogP contribution in [0.4, 0.5) is 4.79 Å². The molecule has 0 unspecified atom stereocenters. The molecule has 0 saturated carbocycles. The number of alkyl carbamates (subject to hydrolysis) is 1. The van der Waals surface area contributed by atoms with Crippen molar-refractivity contribution in [2.24, 2.45) is 11.8 Å². The van der Waals surface area contributed by atoms with Gasteiger partial charge in [-0.15, -0.1) is 0 Å². The number of aromatic hydroxyl groups is 1. The van der Waals surface area contributed by atoms with Gasteiger partial charge in [-0.3, -0.25) is 24.0 Å². The summed E-state index contributed by atoms with van der Waals surface area (Å²) in [5.74, 6) is -3.83. The molecule has 42 heavy (non-hydrogen) atoms. The maximum atomic E-state index is 13.4. The highest BCUT2D eigenvalue weighted by molar-refractivity contribution is 6.59. The monoisotopic (exact) mass is 581 g/mol. The molecule has 3 atom stereocenters. The van der Waals surface area contributed by atoms with Crippen LogP contribution in [0, 0.1) is 11.8 Å². The lowest BCUT2D eigenvalue weighted by atomic mass is 9.97. The Morgan fingerprint density at radius 2 is 1.26 bits per heavy atom. The summed E-state index contributed by atoms with van der Waals surface area (Å²) in [4.78, 5) is 74.8. The number of amides is 3. The third kappa shape index (κ3) is 11.5. The molecule has 2 aromatic carbocycles. The van der Waals surface area contributed by atoms with Gasteiger partial charge in [0.1, 0.15) is 24.4 Å². The van der Waals surface area contributed by atoms with Crippen molar-refractivity contribution < 1.29 is 38.6 Å². The molecule has 0 radical (unpaired) electrons. The zero-order valence-corrected chi connectivity index (χ0v) is 24.3. The first-order valence-corrected chi connectivity index (χ1v) is 13.8. The van der Waals surface area contributed by atoms with Crippen LogP contribution in [0.25, 0.3) is 0 Å². The van der Waals surface area contributed by atoms with Crippen LogP contribution in [0.5, 0.6) is 5.75 Å². The maximum Gasteiger partial charge on any atom is 0.408 e. The van der Waals surface area contributed by atoms with Crippen LogP contribution in [-0.2, 0) is 41.7 Å². The van der Waals surface area contributed by atoms with Gasteiger partial charge in [0.05, 0.1) is 6.04 Å². The molecule has 11 heteroatoms. The van der Waals surface area contributed by atoms with Crippen molar-refractivity contribution in [1.82, 2.24) is 16.0 Å². The summed E-state index contributed by atoms with van der Waals surface area (Å²) >= 11 is 0. The van der Waals surface area contributed by atoms with Gasteiger partial charge in [0.15, 0.2) is 6.29 Å². The average Bonchev–Trinajstić information content (AvgIpc) is 2.95. The second-order valence-electron chi connectivity index (χ2n) is 10.9. The van der Waals surface area contributed by atoms with E-state index < -0.39 is 47.6 Å². The van der Waals surface area contributed by atoms with Gasteiger partial charge in [-0.2, -0.15) is 0 Å². The van der Waals surface area contributed by atoms with Gasteiger partial charge in [-0.25, -0.2) is 4.79 Å². The third-order valence-electron chi connectivity index (χ3n) is 6.23. The number of Topliss-reactive ketones (excluding diaryl/α,β-unsaturated/α-hetero) is 2. The molecular weight excluding hydrogens is 542 g/mol. The van der Waals surface area contributed by atoms with Crippen LogP contribution in [0.1, 0.15) is 51.7 Å². The SMILES string of the molecule is CC(C)C[C@H](NC(=O)OCc1ccccc1)C(=O)N[C@@H](CC(C)C)C(=O)N[C@@H](Cc1ccc(O)cc1)C(=O)C(=O)C=O. The van der Waals surface area contributed by atoms with E-state index in [2.05, 4.69) is 16.0 Å². The number of phenolic OH excluding ortho intramolecular Hbond substituents is 1. The Hall–Kier alpha value is -4.54. The van der Waals surface area contributed by atoms with E-state index in [9.17, 15) is 33.9 Å². The van der Waals surface area contributed by atoms with Crippen LogP contribution >= 0.6 is 0 Å². The summed E-state index contributed by atoms with van der Waals surface area (Å²) in [5.41, 5.74) is 1.29. The molecule has 0 aliphatic carbocycles. The number of aldehydes is 1. The van der Waals surface area contributed by atoms with Crippen LogP contribution in [0.2, 0.25) is 0 Å². The fourth-order valence-electron chi connectivity index (χ4n) is 4.16. The second-order valence-corrected chi connectivity index (χ2v) is 10.9. The fourth-order valence-corrected chi connectivity index (χ4v) is 4.16. The molecule has 4 N–H and O–H groups in total. The molecule has 2 aromatic rings. The molecule has 0 aliphatic heterocycles. The largest absolute Gasteiger partial charge is 0.508 e. The molecule has 0 fully saturated rings. The van der Waals surface area contributed by atoms with Crippen LogP contribution in [0.15, 0.2) is 54.6 Å². The maximum absolute atomic E-state index is 13.4. The molecule has 11 nitrogen and oxygen atoms in total. The number of carbonyl (C=O) groups excluding carboxylic acids is 6. The molecule has 3 amide bonds. The number of benzene rings is 2. The Morgan fingerprint density at radius 1 is 0.738 bits per heavy atom. The van der Waals surface area contributed by atoms with Crippen molar-refractivity contribution in [1.29, 1.82) is 0 Å². The molecule has 2 rings (SSSR count). The number of rotatable bonds is 16. The molecule has 0 aliphatic rings. The predicted octanol–water partition coefficient (Wildman–Crippen LogP) is 2.63. The first-order chi connectivity index (χ1) is 19.9. The Balaban J connectivity index is 2.18. The molecule has 0 aromatic heterocycles. The van der Waals surface area contributed by atoms with Gasteiger partial charge in [0, 0.05) is 6.42 Å². The molecule has 0 saturated heterocycles. The smallest absolute Gasteiger partial charge is 0.408 e. The molecule has 0 bridgehead atoms. The lowest BCUT2D eigenvalue weighted by molar-refractivity contribution is -0.142. The summed E-state index contributed by atoms with van der Waals surface area (Å²) in [6.07, 6.45) is -0.594. The van der Waals surface area contributed by atoms with E-state index in [1.54, 1.807) is 12.1 Å². The summed E-state index contributed by atoms with van der Waals surface area (Å²) < 4.78 is 5.26. The topological polar surface area (TPSA) is 168 Å². The van der Waals surface area contributed by atoms with Crippen molar-refractivity contribution >= 4 is 35.8 Å². The number of nitrogens with one attached hydrogen (secondary N) is 3. The van der Waals surface area contributed by atoms with E-state index in [-0.39, 0.29) is 49.7 Å².